The van der Waals surface area contributed by atoms with E-state index in [0.29, 0.717) is 26.3 Å². The largest absolute Gasteiger partial charge is 0.494 e. The number of aliphatic hydroxyl groups is 1. The van der Waals surface area contributed by atoms with Crippen LogP contribution in [0.1, 0.15) is 19.8 Å². The highest BCUT2D eigenvalue weighted by atomic mass is 16.6. The molecule has 2 heterocycles. The Morgan fingerprint density at radius 2 is 2.38 bits per heavy atom. The van der Waals surface area contributed by atoms with Crippen LogP contribution < -0.4 is 0 Å². The Labute approximate surface area is 94.6 Å². The van der Waals surface area contributed by atoms with Crippen molar-refractivity contribution in [2.24, 2.45) is 0 Å². The maximum absolute atomic E-state index is 12.0. The second-order valence-electron chi connectivity index (χ2n) is 4.53. The minimum atomic E-state index is -0.788. The van der Waals surface area contributed by atoms with Crippen molar-refractivity contribution in [3.05, 3.63) is 12.0 Å². The number of hydrogen-bond acceptors (Lipinski definition) is 4. The molecule has 1 unspecified atom stereocenters. The molecule has 0 aliphatic carbocycles. The normalized spacial score (nSPS) is 30.1. The number of piperidine rings is 1. The van der Waals surface area contributed by atoms with Gasteiger partial charge in [0.05, 0.1) is 5.60 Å². The molecular weight excluding hydrogens is 210 g/mol. The van der Waals surface area contributed by atoms with E-state index in [1.165, 1.54) is 6.26 Å². The van der Waals surface area contributed by atoms with Gasteiger partial charge in [0.15, 0.2) is 0 Å². The Kier molecular flexibility index (Phi) is 3.05. The van der Waals surface area contributed by atoms with E-state index in [0.717, 1.165) is 12.8 Å². The maximum atomic E-state index is 12.0. The zero-order chi connectivity index (χ0) is 11.6. The Balaban J connectivity index is 2.01. The quantitative estimate of drug-likeness (QED) is 0.697. The second-order valence-corrected chi connectivity index (χ2v) is 4.53. The summed E-state index contributed by atoms with van der Waals surface area (Å²) in [4.78, 5) is 13.6. The minimum Gasteiger partial charge on any atom is -0.494 e. The molecule has 0 aromatic carbocycles. The zero-order valence-corrected chi connectivity index (χ0v) is 9.44. The highest BCUT2D eigenvalue weighted by Gasteiger charge is 2.33. The number of carbonyl (C=O) groups excluding carboxylic acids is 1. The van der Waals surface area contributed by atoms with Crippen LogP contribution in [0.3, 0.4) is 0 Å². The van der Waals surface area contributed by atoms with Crippen molar-refractivity contribution in [2.45, 2.75) is 25.4 Å². The van der Waals surface area contributed by atoms with E-state index in [2.05, 4.69) is 0 Å². The molecule has 1 atom stereocenters. The van der Waals surface area contributed by atoms with Crippen molar-refractivity contribution in [3.8, 4) is 0 Å². The van der Waals surface area contributed by atoms with E-state index in [-0.39, 0.29) is 11.7 Å². The molecule has 0 aromatic heterocycles. The van der Waals surface area contributed by atoms with Crippen molar-refractivity contribution < 1.29 is 19.4 Å². The predicted octanol–water partition coefficient (Wildman–Crippen LogP) is 0.248. The van der Waals surface area contributed by atoms with Crippen LogP contribution in [0.5, 0.6) is 0 Å². The van der Waals surface area contributed by atoms with E-state index < -0.39 is 5.60 Å². The number of amides is 1. The summed E-state index contributed by atoms with van der Waals surface area (Å²) in [6, 6.07) is 0. The fraction of sp³-hybridized carbons (Fsp3) is 0.727. The first-order valence-electron chi connectivity index (χ1n) is 5.55. The van der Waals surface area contributed by atoms with Gasteiger partial charge in [0.1, 0.15) is 19.5 Å². The summed E-state index contributed by atoms with van der Waals surface area (Å²) in [6.07, 6.45) is 2.90. The lowest BCUT2D eigenvalue weighted by atomic mass is 9.95. The summed E-state index contributed by atoms with van der Waals surface area (Å²) in [5, 5.41) is 9.91. The minimum absolute atomic E-state index is 0.195. The Morgan fingerprint density at radius 3 is 3.00 bits per heavy atom. The number of ether oxygens (including phenoxy) is 2. The summed E-state index contributed by atoms with van der Waals surface area (Å²) < 4.78 is 10.3. The molecule has 0 radical (unpaired) electrons. The monoisotopic (exact) mass is 227 g/mol. The Morgan fingerprint density at radius 1 is 1.56 bits per heavy atom. The van der Waals surface area contributed by atoms with Gasteiger partial charge in [0, 0.05) is 13.1 Å². The van der Waals surface area contributed by atoms with Gasteiger partial charge in [-0.05, 0) is 19.8 Å². The maximum Gasteiger partial charge on any atom is 0.292 e. The number of β-amino-alcohol motifs (C(OH)–C–C–N with tert-alkyl or cyclic N) is 1. The van der Waals surface area contributed by atoms with Crippen molar-refractivity contribution >= 4 is 5.91 Å². The van der Waals surface area contributed by atoms with Crippen LogP contribution in [0.25, 0.3) is 0 Å². The molecule has 2 rings (SSSR count). The van der Waals surface area contributed by atoms with Crippen LogP contribution in [0.2, 0.25) is 0 Å². The van der Waals surface area contributed by atoms with E-state index in [1.54, 1.807) is 11.8 Å². The van der Waals surface area contributed by atoms with Crippen LogP contribution in [-0.4, -0.2) is 47.8 Å². The average molecular weight is 227 g/mol. The Hall–Kier alpha value is -1.23. The predicted molar refractivity (Wildman–Crippen MR) is 56.4 cm³/mol. The van der Waals surface area contributed by atoms with Gasteiger partial charge in [-0.2, -0.15) is 0 Å². The van der Waals surface area contributed by atoms with Crippen LogP contribution in [0.4, 0.5) is 0 Å². The second kappa shape index (κ2) is 4.33. The topological polar surface area (TPSA) is 59.0 Å². The van der Waals surface area contributed by atoms with E-state index in [4.69, 9.17) is 9.47 Å². The smallest absolute Gasteiger partial charge is 0.292 e. The summed E-state index contributed by atoms with van der Waals surface area (Å²) in [5.41, 5.74) is -0.788. The highest BCUT2D eigenvalue weighted by molar-refractivity contribution is 5.91. The number of carbonyl (C=O) groups is 1. The number of hydrogen-bond donors (Lipinski definition) is 1. The molecule has 0 aromatic rings. The number of likely N-dealkylation sites (tertiary alicyclic amines) is 1. The van der Waals surface area contributed by atoms with Crippen LogP contribution in [-0.2, 0) is 14.3 Å². The van der Waals surface area contributed by atoms with Crippen molar-refractivity contribution in [3.63, 3.8) is 0 Å². The fourth-order valence-electron chi connectivity index (χ4n) is 2.03. The van der Waals surface area contributed by atoms with Crippen molar-refractivity contribution in [1.82, 2.24) is 4.90 Å². The molecule has 0 saturated carbocycles. The van der Waals surface area contributed by atoms with Crippen LogP contribution >= 0.6 is 0 Å². The molecule has 16 heavy (non-hydrogen) atoms. The van der Waals surface area contributed by atoms with Crippen LogP contribution in [0.15, 0.2) is 12.0 Å². The van der Waals surface area contributed by atoms with Crippen LogP contribution in [0, 0.1) is 0 Å². The molecule has 0 bridgehead atoms. The molecule has 1 saturated heterocycles. The molecule has 5 nitrogen and oxygen atoms in total. The third kappa shape index (κ3) is 2.47. The fourth-order valence-corrected chi connectivity index (χ4v) is 2.03. The van der Waals surface area contributed by atoms with Gasteiger partial charge in [0.2, 0.25) is 5.76 Å². The van der Waals surface area contributed by atoms with Gasteiger partial charge in [0.25, 0.3) is 5.91 Å². The molecule has 90 valence electrons. The van der Waals surface area contributed by atoms with Gasteiger partial charge < -0.3 is 19.5 Å². The Bertz CT molecular complexity index is 311. The van der Waals surface area contributed by atoms with Crippen molar-refractivity contribution in [1.29, 1.82) is 0 Å². The van der Waals surface area contributed by atoms with E-state index in [9.17, 15) is 9.90 Å². The molecular formula is C11H17NO4. The molecule has 1 amide bonds. The molecule has 1 fully saturated rings. The van der Waals surface area contributed by atoms with Crippen molar-refractivity contribution in [2.75, 3.05) is 26.3 Å². The summed E-state index contributed by atoms with van der Waals surface area (Å²) in [6.45, 7) is 3.65. The molecule has 2 aliphatic rings. The van der Waals surface area contributed by atoms with Gasteiger partial charge in [-0.3, -0.25) is 4.79 Å². The lowest BCUT2D eigenvalue weighted by Crippen LogP contribution is -2.49. The van der Waals surface area contributed by atoms with Gasteiger partial charge in [-0.25, -0.2) is 0 Å². The lowest BCUT2D eigenvalue weighted by molar-refractivity contribution is -0.138. The van der Waals surface area contributed by atoms with Gasteiger partial charge in [-0.1, -0.05) is 0 Å². The van der Waals surface area contributed by atoms with E-state index in [1.807, 2.05) is 0 Å². The third-order valence-corrected chi connectivity index (χ3v) is 2.82. The third-order valence-electron chi connectivity index (χ3n) is 2.82. The first kappa shape index (κ1) is 11.3. The standard InChI is InChI=1S/C11H17NO4/c1-11(14)3-2-4-12(8-11)10(13)9-7-15-5-6-16-9/h7,14H,2-6,8H2,1H3. The van der Waals surface area contributed by atoms with Gasteiger partial charge >= 0.3 is 0 Å². The number of rotatable bonds is 1. The zero-order valence-electron chi connectivity index (χ0n) is 9.44. The van der Waals surface area contributed by atoms with Gasteiger partial charge in [-0.15, -0.1) is 0 Å². The average Bonchev–Trinajstić information content (AvgIpc) is 2.28. The lowest BCUT2D eigenvalue weighted by Gasteiger charge is -2.37. The first-order valence-corrected chi connectivity index (χ1v) is 5.55. The highest BCUT2D eigenvalue weighted by Crippen LogP contribution is 2.22. The summed E-state index contributed by atoms with van der Waals surface area (Å²) >= 11 is 0. The molecule has 5 heteroatoms. The molecule has 1 N–H and O–H groups in total. The molecule has 0 spiro atoms. The first-order chi connectivity index (χ1) is 7.58. The molecule has 2 aliphatic heterocycles. The summed E-state index contributed by atoms with van der Waals surface area (Å²) in [7, 11) is 0. The number of nitrogens with zero attached hydrogens (tertiary/aromatic N) is 1. The van der Waals surface area contributed by atoms with E-state index >= 15 is 0 Å². The summed E-state index contributed by atoms with van der Waals surface area (Å²) in [5.74, 6) is 0.0450. The SMILES string of the molecule is CC1(O)CCCN(C(=O)C2=COCCO2)C1.